The van der Waals surface area contributed by atoms with Crippen molar-refractivity contribution in [2.75, 3.05) is 20.2 Å². The molecule has 1 aromatic carbocycles. The summed E-state index contributed by atoms with van der Waals surface area (Å²) in [6.07, 6.45) is 0.548. The summed E-state index contributed by atoms with van der Waals surface area (Å²) in [6, 6.07) is 8.71. The second kappa shape index (κ2) is 6.94. The lowest BCUT2D eigenvalue weighted by atomic mass is 9.96. The quantitative estimate of drug-likeness (QED) is 0.926. The summed E-state index contributed by atoms with van der Waals surface area (Å²) in [6.45, 7) is 7.95. The molecule has 1 N–H and O–H groups in total. The SMILES string of the molecule is COc1cccc([C@H](C)CC(=O)N2C[C@@H](C)N[C@H](C)C2)c1. The normalized spacial score (nSPS) is 23.7. The van der Waals surface area contributed by atoms with Gasteiger partial charge < -0.3 is 15.0 Å². The number of nitrogens with one attached hydrogen (secondary N) is 1. The van der Waals surface area contributed by atoms with Crippen molar-refractivity contribution in [1.82, 2.24) is 10.2 Å². The molecule has 0 aliphatic carbocycles. The molecule has 1 saturated heterocycles. The third kappa shape index (κ3) is 4.21. The van der Waals surface area contributed by atoms with Crippen LogP contribution in [0.5, 0.6) is 5.75 Å². The van der Waals surface area contributed by atoms with Crippen molar-refractivity contribution >= 4 is 5.91 Å². The number of amides is 1. The monoisotopic (exact) mass is 290 g/mol. The Labute approximate surface area is 127 Å². The van der Waals surface area contributed by atoms with E-state index in [0.717, 1.165) is 24.4 Å². The maximum atomic E-state index is 12.5. The van der Waals surface area contributed by atoms with Gasteiger partial charge in [0.2, 0.25) is 5.91 Å². The van der Waals surface area contributed by atoms with E-state index in [0.29, 0.717) is 18.5 Å². The third-order valence-corrected chi connectivity index (χ3v) is 4.05. The average molecular weight is 290 g/mol. The molecule has 0 unspecified atom stereocenters. The number of piperazine rings is 1. The topological polar surface area (TPSA) is 41.6 Å². The van der Waals surface area contributed by atoms with Gasteiger partial charge in [-0.2, -0.15) is 0 Å². The van der Waals surface area contributed by atoms with Gasteiger partial charge in [0.25, 0.3) is 0 Å². The molecular formula is C17H26N2O2. The summed E-state index contributed by atoms with van der Waals surface area (Å²) in [5.41, 5.74) is 1.15. The van der Waals surface area contributed by atoms with Crippen molar-refractivity contribution in [3.8, 4) is 5.75 Å². The fraction of sp³-hybridized carbons (Fsp3) is 0.588. The maximum absolute atomic E-state index is 12.5. The molecule has 3 atom stereocenters. The lowest BCUT2D eigenvalue weighted by molar-refractivity contribution is -0.133. The van der Waals surface area contributed by atoms with Gasteiger partial charge in [0, 0.05) is 31.6 Å². The molecule has 1 aliphatic heterocycles. The predicted molar refractivity (Wildman–Crippen MR) is 84.7 cm³/mol. The van der Waals surface area contributed by atoms with Gasteiger partial charge in [-0.3, -0.25) is 4.79 Å². The number of rotatable bonds is 4. The van der Waals surface area contributed by atoms with Crippen LogP contribution in [0.25, 0.3) is 0 Å². The van der Waals surface area contributed by atoms with E-state index in [4.69, 9.17) is 4.74 Å². The minimum Gasteiger partial charge on any atom is -0.497 e. The van der Waals surface area contributed by atoms with Crippen molar-refractivity contribution in [3.05, 3.63) is 29.8 Å². The highest BCUT2D eigenvalue weighted by atomic mass is 16.5. The van der Waals surface area contributed by atoms with Gasteiger partial charge in [-0.1, -0.05) is 19.1 Å². The van der Waals surface area contributed by atoms with E-state index < -0.39 is 0 Å². The van der Waals surface area contributed by atoms with Gasteiger partial charge in [0.15, 0.2) is 0 Å². The zero-order chi connectivity index (χ0) is 15.4. The van der Waals surface area contributed by atoms with Crippen LogP contribution in [0.4, 0.5) is 0 Å². The molecular weight excluding hydrogens is 264 g/mol. The lowest BCUT2D eigenvalue weighted by Gasteiger charge is -2.36. The minimum atomic E-state index is 0.202. The largest absolute Gasteiger partial charge is 0.497 e. The molecule has 21 heavy (non-hydrogen) atoms. The van der Waals surface area contributed by atoms with Gasteiger partial charge >= 0.3 is 0 Å². The smallest absolute Gasteiger partial charge is 0.223 e. The molecule has 0 bridgehead atoms. The van der Waals surface area contributed by atoms with E-state index in [1.807, 2.05) is 23.1 Å². The minimum absolute atomic E-state index is 0.202. The van der Waals surface area contributed by atoms with Gasteiger partial charge in [0.05, 0.1) is 7.11 Å². The number of nitrogens with zero attached hydrogens (tertiary/aromatic N) is 1. The van der Waals surface area contributed by atoms with Crippen LogP contribution in [-0.2, 0) is 4.79 Å². The van der Waals surface area contributed by atoms with Gasteiger partial charge in [-0.05, 0) is 37.5 Å². The summed E-state index contributed by atoms with van der Waals surface area (Å²) >= 11 is 0. The molecule has 0 aromatic heterocycles. The Kier molecular flexibility index (Phi) is 5.23. The Balaban J connectivity index is 1.98. The van der Waals surface area contributed by atoms with Gasteiger partial charge in [0.1, 0.15) is 5.75 Å². The standard InChI is InChI=1S/C17H26N2O2/c1-12(15-6-5-7-16(9-15)21-4)8-17(20)19-10-13(2)18-14(3)11-19/h5-7,9,12-14,18H,8,10-11H2,1-4H3/t12-,13-,14-/m1/s1. The number of ether oxygens (including phenoxy) is 1. The highest BCUT2D eigenvalue weighted by Gasteiger charge is 2.25. The summed E-state index contributed by atoms with van der Waals surface area (Å²) < 4.78 is 5.25. The number of carbonyl (C=O) groups excluding carboxylic acids is 1. The van der Waals surface area contributed by atoms with E-state index in [2.05, 4.69) is 32.2 Å². The van der Waals surface area contributed by atoms with Crippen molar-refractivity contribution < 1.29 is 9.53 Å². The number of hydrogen-bond acceptors (Lipinski definition) is 3. The molecule has 1 fully saturated rings. The molecule has 116 valence electrons. The highest BCUT2D eigenvalue weighted by molar-refractivity contribution is 5.77. The number of hydrogen-bond donors (Lipinski definition) is 1. The summed E-state index contributed by atoms with van der Waals surface area (Å²) in [5.74, 6) is 1.29. The van der Waals surface area contributed by atoms with Crippen LogP contribution in [0.3, 0.4) is 0 Å². The third-order valence-electron chi connectivity index (χ3n) is 4.05. The molecule has 1 aliphatic rings. The van der Waals surface area contributed by atoms with E-state index in [-0.39, 0.29) is 11.8 Å². The fourth-order valence-corrected chi connectivity index (χ4v) is 2.99. The summed E-state index contributed by atoms with van der Waals surface area (Å²) in [7, 11) is 1.67. The Morgan fingerprint density at radius 2 is 2.05 bits per heavy atom. The van der Waals surface area contributed by atoms with E-state index in [9.17, 15) is 4.79 Å². The van der Waals surface area contributed by atoms with E-state index in [1.54, 1.807) is 7.11 Å². The maximum Gasteiger partial charge on any atom is 0.223 e. The van der Waals surface area contributed by atoms with Crippen molar-refractivity contribution in [2.24, 2.45) is 0 Å². The lowest BCUT2D eigenvalue weighted by Crippen LogP contribution is -2.55. The highest BCUT2D eigenvalue weighted by Crippen LogP contribution is 2.24. The summed E-state index contributed by atoms with van der Waals surface area (Å²) in [5, 5.41) is 3.45. The second-order valence-corrected chi connectivity index (χ2v) is 6.15. The molecule has 1 amide bonds. The second-order valence-electron chi connectivity index (χ2n) is 6.15. The first-order chi connectivity index (χ1) is 9.99. The van der Waals surface area contributed by atoms with E-state index in [1.165, 1.54) is 0 Å². The van der Waals surface area contributed by atoms with Crippen LogP contribution in [0.15, 0.2) is 24.3 Å². The Bertz CT molecular complexity index is 479. The van der Waals surface area contributed by atoms with Crippen LogP contribution in [0.2, 0.25) is 0 Å². The Morgan fingerprint density at radius 1 is 1.38 bits per heavy atom. The molecule has 1 heterocycles. The molecule has 1 aromatic rings. The molecule has 2 rings (SSSR count). The Hall–Kier alpha value is -1.55. The molecule has 4 heteroatoms. The zero-order valence-electron chi connectivity index (χ0n) is 13.4. The van der Waals surface area contributed by atoms with Crippen molar-refractivity contribution in [2.45, 2.75) is 45.2 Å². The van der Waals surface area contributed by atoms with Crippen LogP contribution in [0, 0.1) is 0 Å². The Morgan fingerprint density at radius 3 is 2.67 bits per heavy atom. The van der Waals surface area contributed by atoms with Crippen LogP contribution in [0.1, 0.15) is 38.7 Å². The summed E-state index contributed by atoms with van der Waals surface area (Å²) in [4.78, 5) is 14.5. The van der Waals surface area contributed by atoms with Crippen LogP contribution >= 0.6 is 0 Å². The first-order valence-electron chi connectivity index (χ1n) is 7.67. The molecule has 4 nitrogen and oxygen atoms in total. The van der Waals surface area contributed by atoms with Crippen LogP contribution < -0.4 is 10.1 Å². The molecule has 0 radical (unpaired) electrons. The first-order valence-corrected chi connectivity index (χ1v) is 7.67. The average Bonchev–Trinajstić information content (AvgIpc) is 2.46. The van der Waals surface area contributed by atoms with Crippen molar-refractivity contribution in [3.63, 3.8) is 0 Å². The predicted octanol–water partition coefficient (Wildman–Crippen LogP) is 2.40. The van der Waals surface area contributed by atoms with Crippen molar-refractivity contribution in [1.29, 1.82) is 0 Å². The fourth-order valence-electron chi connectivity index (χ4n) is 2.99. The van der Waals surface area contributed by atoms with Gasteiger partial charge in [-0.25, -0.2) is 0 Å². The zero-order valence-corrected chi connectivity index (χ0v) is 13.4. The first kappa shape index (κ1) is 15.8. The number of benzene rings is 1. The van der Waals surface area contributed by atoms with Gasteiger partial charge in [-0.15, -0.1) is 0 Å². The molecule has 0 spiro atoms. The number of carbonyl (C=O) groups is 1. The van der Waals surface area contributed by atoms with E-state index >= 15 is 0 Å². The molecule has 0 saturated carbocycles. The van der Waals surface area contributed by atoms with Crippen LogP contribution in [-0.4, -0.2) is 43.1 Å². The number of methoxy groups -OCH3 is 1.